The van der Waals surface area contributed by atoms with Gasteiger partial charge in [0.1, 0.15) is 11.6 Å². The number of rotatable bonds is 6. The van der Waals surface area contributed by atoms with Crippen LogP contribution in [0.15, 0.2) is 0 Å². The lowest BCUT2D eigenvalue weighted by Crippen LogP contribution is -2.45. The average molecular weight is 275 g/mol. The molecule has 0 heterocycles. The van der Waals surface area contributed by atoms with Crippen molar-refractivity contribution in [2.24, 2.45) is 5.92 Å². The van der Waals surface area contributed by atoms with Gasteiger partial charge in [0.05, 0.1) is 6.61 Å². The second kappa shape index (κ2) is 7.99. The van der Waals surface area contributed by atoms with Gasteiger partial charge in [-0.25, -0.2) is 9.59 Å². The molecule has 0 aliphatic rings. The molecule has 19 heavy (non-hydrogen) atoms. The Morgan fingerprint density at radius 2 is 1.89 bits per heavy atom. The first-order valence-electron chi connectivity index (χ1n) is 6.46. The van der Waals surface area contributed by atoms with Crippen molar-refractivity contribution in [2.75, 3.05) is 13.2 Å². The summed E-state index contributed by atoms with van der Waals surface area (Å²) < 4.78 is 9.98. The predicted octanol–water partition coefficient (Wildman–Crippen LogP) is 1.46. The minimum Gasteiger partial charge on any atom is -0.464 e. The van der Waals surface area contributed by atoms with Gasteiger partial charge in [0.15, 0.2) is 0 Å². The minimum atomic E-state index is -0.808. The van der Waals surface area contributed by atoms with Gasteiger partial charge in [0.2, 0.25) is 0 Å². The summed E-state index contributed by atoms with van der Waals surface area (Å²) >= 11 is 0. The number of esters is 1. The maximum atomic E-state index is 11.7. The van der Waals surface area contributed by atoms with Crippen molar-refractivity contribution in [3.8, 4) is 0 Å². The zero-order valence-corrected chi connectivity index (χ0v) is 12.4. The fraction of sp³-hybridized carbons (Fsp3) is 0.846. The lowest BCUT2D eigenvalue weighted by Gasteiger charge is -2.23. The van der Waals surface area contributed by atoms with Crippen LogP contribution in [0.2, 0.25) is 0 Å². The predicted molar refractivity (Wildman–Crippen MR) is 70.7 cm³/mol. The molecule has 0 fully saturated rings. The third-order valence-corrected chi connectivity index (χ3v) is 2.21. The van der Waals surface area contributed by atoms with E-state index in [2.05, 4.69) is 5.32 Å². The molecule has 0 aliphatic heterocycles. The number of ether oxygens (including phenoxy) is 2. The van der Waals surface area contributed by atoms with Crippen LogP contribution in [0.4, 0.5) is 4.79 Å². The number of aliphatic hydroxyl groups excluding tert-OH is 1. The number of amides is 1. The molecule has 0 aromatic carbocycles. The summed E-state index contributed by atoms with van der Waals surface area (Å²) in [5.74, 6) is -0.641. The summed E-state index contributed by atoms with van der Waals surface area (Å²) in [7, 11) is 0. The van der Waals surface area contributed by atoms with E-state index in [1.54, 1.807) is 34.6 Å². The lowest BCUT2D eigenvalue weighted by atomic mass is 10.0. The summed E-state index contributed by atoms with van der Waals surface area (Å²) in [5, 5.41) is 11.5. The number of alkyl carbamates (subject to hydrolysis) is 1. The number of carbonyl (C=O) groups is 2. The Balaban J connectivity index is 4.57. The van der Waals surface area contributed by atoms with Crippen LogP contribution in [-0.2, 0) is 14.3 Å². The molecule has 2 atom stereocenters. The van der Waals surface area contributed by atoms with Crippen molar-refractivity contribution in [3.05, 3.63) is 0 Å². The molecule has 0 saturated heterocycles. The first-order chi connectivity index (χ1) is 8.69. The monoisotopic (exact) mass is 275 g/mol. The maximum Gasteiger partial charge on any atom is 0.408 e. The Bertz CT molecular complexity index is 298. The third-order valence-electron chi connectivity index (χ3n) is 2.21. The van der Waals surface area contributed by atoms with E-state index in [-0.39, 0.29) is 19.1 Å². The number of hydrogen-bond acceptors (Lipinski definition) is 5. The van der Waals surface area contributed by atoms with Gasteiger partial charge in [-0.3, -0.25) is 0 Å². The molecule has 0 radical (unpaired) electrons. The Morgan fingerprint density at radius 3 is 2.32 bits per heavy atom. The van der Waals surface area contributed by atoms with Crippen LogP contribution in [0.1, 0.15) is 41.0 Å². The second-order valence-electron chi connectivity index (χ2n) is 5.47. The van der Waals surface area contributed by atoms with Crippen molar-refractivity contribution < 1.29 is 24.2 Å². The second-order valence-corrected chi connectivity index (χ2v) is 5.47. The molecule has 6 heteroatoms. The van der Waals surface area contributed by atoms with Gasteiger partial charge in [0.25, 0.3) is 0 Å². The molecular weight excluding hydrogens is 250 g/mol. The zero-order valence-electron chi connectivity index (χ0n) is 12.4. The highest BCUT2D eigenvalue weighted by Gasteiger charge is 2.26. The van der Waals surface area contributed by atoms with Crippen molar-refractivity contribution in [1.82, 2.24) is 5.32 Å². The molecule has 2 unspecified atom stereocenters. The van der Waals surface area contributed by atoms with E-state index in [4.69, 9.17) is 14.6 Å². The first-order valence-corrected chi connectivity index (χ1v) is 6.46. The Labute approximate surface area is 114 Å². The van der Waals surface area contributed by atoms with Gasteiger partial charge in [-0.2, -0.15) is 0 Å². The van der Waals surface area contributed by atoms with Crippen LogP contribution >= 0.6 is 0 Å². The summed E-state index contributed by atoms with van der Waals surface area (Å²) in [4.78, 5) is 23.4. The largest absolute Gasteiger partial charge is 0.464 e. The molecule has 6 nitrogen and oxygen atoms in total. The smallest absolute Gasteiger partial charge is 0.408 e. The van der Waals surface area contributed by atoms with Crippen LogP contribution < -0.4 is 5.32 Å². The normalized spacial score (nSPS) is 14.4. The fourth-order valence-electron chi connectivity index (χ4n) is 1.38. The highest BCUT2D eigenvalue weighted by molar-refractivity contribution is 5.81. The van der Waals surface area contributed by atoms with E-state index in [0.717, 1.165) is 0 Å². The molecule has 0 rings (SSSR count). The number of carbonyl (C=O) groups excluding carboxylic acids is 2. The SMILES string of the molecule is CCOC(=O)C(CC(C)CO)NC(=O)OC(C)(C)C. The van der Waals surface area contributed by atoms with Crippen LogP contribution in [0.25, 0.3) is 0 Å². The summed E-state index contributed by atoms with van der Waals surface area (Å²) in [6.07, 6.45) is -0.370. The van der Waals surface area contributed by atoms with Crippen LogP contribution in [0.5, 0.6) is 0 Å². The van der Waals surface area contributed by atoms with Gasteiger partial charge in [-0.05, 0) is 40.0 Å². The molecule has 1 amide bonds. The molecule has 2 N–H and O–H groups in total. The number of hydrogen-bond donors (Lipinski definition) is 2. The summed E-state index contributed by atoms with van der Waals surface area (Å²) in [6, 6.07) is -0.808. The summed E-state index contributed by atoms with van der Waals surface area (Å²) in [6.45, 7) is 8.86. The van der Waals surface area contributed by atoms with E-state index < -0.39 is 23.7 Å². The molecule has 0 spiro atoms. The highest BCUT2D eigenvalue weighted by atomic mass is 16.6. The quantitative estimate of drug-likeness (QED) is 0.717. The van der Waals surface area contributed by atoms with Gasteiger partial charge in [0, 0.05) is 6.61 Å². The standard InChI is InChI=1S/C13H25NO5/c1-6-18-11(16)10(7-9(2)8-15)14-12(17)19-13(3,4)5/h9-10,15H,6-8H2,1-5H3,(H,14,17). The Morgan fingerprint density at radius 1 is 1.32 bits per heavy atom. The van der Waals surface area contributed by atoms with Gasteiger partial charge in [-0.15, -0.1) is 0 Å². The Kier molecular flexibility index (Phi) is 7.44. The summed E-state index contributed by atoms with van der Waals surface area (Å²) in [5.41, 5.74) is -0.633. The first kappa shape index (κ1) is 17.7. The Hall–Kier alpha value is -1.30. The van der Waals surface area contributed by atoms with Crippen LogP contribution in [0.3, 0.4) is 0 Å². The van der Waals surface area contributed by atoms with E-state index in [9.17, 15) is 9.59 Å². The molecule has 0 aromatic heterocycles. The zero-order chi connectivity index (χ0) is 15.1. The number of nitrogens with one attached hydrogen (secondary N) is 1. The minimum absolute atomic E-state index is 0.0636. The van der Waals surface area contributed by atoms with Crippen molar-refractivity contribution in [1.29, 1.82) is 0 Å². The van der Waals surface area contributed by atoms with Gasteiger partial charge in [-0.1, -0.05) is 6.92 Å². The lowest BCUT2D eigenvalue weighted by molar-refractivity contribution is -0.146. The van der Waals surface area contributed by atoms with E-state index in [0.29, 0.717) is 6.42 Å². The average Bonchev–Trinajstić information content (AvgIpc) is 2.25. The molecule has 0 bridgehead atoms. The van der Waals surface area contributed by atoms with E-state index in [1.807, 2.05) is 0 Å². The molecule has 0 aliphatic carbocycles. The molecular formula is C13H25NO5. The van der Waals surface area contributed by atoms with Crippen LogP contribution in [-0.4, -0.2) is 42.0 Å². The maximum absolute atomic E-state index is 11.7. The molecule has 0 saturated carbocycles. The van der Waals surface area contributed by atoms with Gasteiger partial charge >= 0.3 is 12.1 Å². The fourth-order valence-corrected chi connectivity index (χ4v) is 1.38. The van der Waals surface area contributed by atoms with Crippen molar-refractivity contribution >= 4 is 12.1 Å². The van der Waals surface area contributed by atoms with Crippen molar-refractivity contribution in [3.63, 3.8) is 0 Å². The van der Waals surface area contributed by atoms with Crippen molar-refractivity contribution in [2.45, 2.75) is 52.7 Å². The van der Waals surface area contributed by atoms with Crippen LogP contribution in [0, 0.1) is 5.92 Å². The third kappa shape index (κ3) is 8.42. The van der Waals surface area contributed by atoms with E-state index >= 15 is 0 Å². The topological polar surface area (TPSA) is 84.9 Å². The molecule has 0 aromatic rings. The molecule has 112 valence electrons. The highest BCUT2D eigenvalue weighted by Crippen LogP contribution is 2.10. The number of aliphatic hydroxyl groups is 1. The van der Waals surface area contributed by atoms with Gasteiger partial charge < -0.3 is 19.9 Å². The van der Waals surface area contributed by atoms with E-state index in [1.165, 1.54) is 0 Å².